The molecular weight excluding hydrogens is 268 g/mol. The van der Waals surface area contributed by atoms with Crippen LogP contribution >= 0.6 is 0 Å². The van der Waals surface area contributed by atoms with Gasteiger partial charge >= 0.3 is 0 Å². The lowest BCUT2D eigenvalue weighted by Gasteiger charge is -2.16. The van der Waals surface area contributed by atoms with E-state index in [2.05, 4.69) is 38.1 Å². The third-order valence-electron chi connectivity index (χ3n) is 3.16. The van der Waals surface area contributed by atoms with Crippen molar-refractivity contribution in [3.05, 3.63) is 70.8 Å². The van der Waals surface area contributed by atoms with Crippen LogP contribution in [0.25, 0.3) is 0 Å². The second kappa shape index (κ2) is 10.8. The molecular formula is C21H30O. The molecule has 0 aromatic heterocycles. The van der Waals surface area contributed by atoms with Crippen LogP contribution in [0.15, 0.2) is 48.5 Å². The van der Waals surface area contributed by atoms with Gasteiger partial charge < -0.3 is 0 Å². The minimum absolute atomic E-state index is 0.148. The van der Waals surface area contributed by atoms with Crippen molar-refractivity contribution in [1.82, 2.24) is 0 Å². The molecule has 1 nitrogen and oxygen atoms in total. The molecule has 0 spiro atoms. The van der Waals surface area contributed by atoms with Gasteiger partial charge in [0.05, 0.1) is 5.92 Å². The van der Waals surface area contributed by atoms with Crippen molar-refractivity contribution in [3.8, 4) is 0 Å². The Labute approximate surface area is 136 Å². The minimum atomic E-state index is -0.148. The number of benzene rings is 2. The van der Waals surface area contributed by atoms with Gasteiger partial charge in [-0.2, -0.15) is 0 Å². The third-order valence-corrected chi connectivity index (χ3v) is 3.16. The summed E-state index contributed by atoms with van der Waals surface area (Å²) in [6.07, 6.45) is 0. The zero-order chi connectivity index (χ0) is 17.1. The molecule has 0 radical (unpaired) electrons. The Morgan fingerprint density at radius 2 is 1.14 bits per heavy atom. The summed E-state index contributed by atoms with van der Waals surface area (Å²) in [5.41, 5.74) is 4.53. The standard InChI is InChI=1S/C17H18O.2C2H6/c1-12-6-4-8-15(10-12)17(14(3)18)16-9-5-7-13(2)11-16;2*1-2/h4-11,17H,1-3H3;2*1-2H3. The van der Waals surface area contributed by atoms with Crippen LogP contribution < -0.4 is 0 Å². The SMILES string of the molecule is CC.CC.CC(=O)C(c1cccc(C)c1)c1cccc(C)c1. The second-order valence-electron chi connectivity index (χ2n) is 4.87. The smallest absolute Gasteiger partial charge is 0.141 e. The maximum atomic E-state index is 12.0. The van der Waals surface area contributed by atoms with Gasteiger partial charge in [0.2, 0.25) is 0 Å². The summed E-state index contributed by atoms with van der Waals surface area (Å²) in [6.45, 7) is 13.8. The highest BCUT2D eigenvalue weighted by atomic mass is 16.1. The van der Waals surface area contributed by atoms with Gasteiger partial charge in [-0.05, 0) is 31.9 Å². The summed E-state index contributed by atoms with van der Waals surface area (Å²) in [4.78, 5) is 12.0. The first-order valence-electron chi connectivity index (χ1n) is 8.21. The fourth-order valence-corrected chi connectivity index (χ4v) is 2.36. The van der Waals surface area contributed by atoms with Gasteiger partial charge in [0, 0.05) is 0 Å². The number of ketones is 1. The van der Waals surface area contributed by atoms with Gasteiger partial charge in [-0.3, -0.25) is 4.79 Å². The Hall–Kier alpha value is -1.89. The summed E-state index contributed by atoms with van der Waals surface area (Å²) >= 11 is 0. The number of aryl methyl sites for hydroxylation is 2. The highest BCUT2D eigenvalue weighted by Gasteiger charge is 2.19. The average molecular weight is 298 g/mol. The molecule has 0 fully saturated rings. The molecule has 0 atom stereocenters. The molecule has 0 saturated heterocycles. The topological polar surface area (TPSA) is 17.1 Å². The van der Waals surface area contributed by atoms with Crippen molar-refractivity contribution >= 4 is 5.78 Å². The Bertz CT molecular complexity index is 524. The van der Waals surface area contributed by atoms with E-state index in [1.54, 1.807) is 6.92 Å². The van der Waals surface area contributed by atoms with Gasteiger partial charge in [-0.1, -0.05) is 87.4 Å². The van der Waals surface area contributed by atoms with Gasteiger partial charge in [-0.25, -0.2) is 0 Å². The Morgan fingerprint density at radius 1 is 0.773 bits per heavy atom. The predicted octanol–water partition coefficient (Wildman–Crippen LogP) is 6.08. The number of carbonyl (C=O) groups excluding carboxylic acids is 1. The zero-order valence-corrected chi connectivity index (χ0v) is 15.1. The van der Waals surface area contributed by atoms with Gasteiger partial charge in [-0.15, -0.1) is 0 Å². The maximum absolute atomic E-state index is 12.0. The van der Waals surface area contributed by atoms with E-state index in [0.29, 0.717) is 0 Å². The first-order chi connectivity index (χ1) is 10.6. The van der Waals surface area contributed by atoms with Gasteiger partial charge in [0.25, 0.3) is 0 Å². The molecule has 0 N–H and O–H groups in total. The lowest BCUT2D eigenvalue weighted by atomic mass is 9.87. The molecule has 0 aliphatic heterocycles. The number of rotatable bonds is 3. The van der Waals surface area contributed by atoms with Crippen LogP contribution in [0.3, 0.4) is 0 Å². The summed E-state index contributed by atoms with van der Waals surface area (Å²) < 4.78 is 0. The molecule has 2 rings (SSSR count). The van der Waals surface area contributed by atoms with Gasteiger partial charge in [0.1, 0.15) is 5.78 Å². The molecule has 0 heterocycles. The summed E-state index contributed by atoms with van der Waals surface area (Å²) in [6, 6.07) is 16.4. The molecule has 2 aromatic carbocycles. The zero-order valence-electron chi connectivity index (χ0n) is 15.1. The van der Waals surface area contributed by atoms with Crippen molar-refractivity contribution in [1.29, 1.82) is 0 Å². The number of hydrogen-bond acceptors (Lipinski definition) is 1. The van der Waals surface area contributed by atoms with Crippen LogP contribution in [0.1, 0.15) is 62.8 Å². The Balaban J connectivity index is 0.00000102. The first kappa shape index (κ1) is 20.1. The van der Waals surface area contributed by atoms with E-state index in [-0.39, 0.29) is 11.7 Å². The quantitative estimate of drug-likeness (QED) is 0.671. The van der Waals surface area contributed by atoms with Gasteiger partial charge in [0.15, 0.2) is 0 Å². The Morgan fingerprint density at radius 3 is 1.41 bits per heavy atom. The highest BCUT2D eigenvalue weighted by molar-refractivity contribution is 5.87. The number of carbonyl (C=O) groups is 1. The fraction of sp³-hybridized carbons (Fsp3) is 0.381. The predicted molar refractivity (Wildman–Crippen MR) is 97.6 cm³/mol. The second-order valence-corrected chi connectivity index (χ2v) is 4.87. The number of hydrogen-bond donors (Lipinski definition) is 0. The van der Waals surface area contributed by atoms with E-state index in [1.165, 1.54) is 11.1 Å². The summed E-state index contributed by atoms with van der Waals surface area (Å²) in [7, 11) is 0. The molecule has 0 saturated carbocycles. The molecule has 22 heavy (non-hydrogen) atoms. The van der Waals surface area contributed by atoms with Crippen LogP contribution in [0.4, 0.5) is 0 Å². The lowest BCUT2D eigenvalue weighted by Crippen LogP contribution is -2.10. The first-order valence-corrected chi connectivity index (χ1v) is 8.21. The molecule has 1 heteroatoms. The fourth-order valence-electron chi connectivity index (χ4n) is 2.36. The number of Topliss-reactive ketones (excluding diaryl/α,β-unsaturated/α-hetero) is 1. The minimum Gasteiger partial charge on any atom is -0.299 e. The van der Waals surface area contributed by atoms with Crippen molar-refractivity contribution < 1.29 is 4.79 Å². The van der Waals surface area contributed by atoms with Crippen molar-refractivity contribution in [3.63, 3.8) is 0 Å². The monoisotopic (exact) mass is 298 g/mol. The van der Waals surface area contributed by atoms with Crippen LogP contribution in [0.2, 0.25) is 0 Å². The largest absolute Gasteiger partial charge is 0.299 e. The van der Waals surface area contributed by atoms with Crippen LogP contribution in [0.5, 0.6) is 0 Å². The van der Waals surface area contributed by atoms with Crippen LogP contribution in [0, 0.1) is 13.8 Å². The molecule has 120 valence electrons. The molecule has 0 unspecified atom stereocenters. The molecule has 0 amide bonds. The van der Waals surface area contributed by atoms with E-state index in [1.807, 2.05) is 52.0 Å². The van der Waals surface area contributed by atoms with Crippen molar-refractivity contribution in [2.45, 2.75) is 54.4 Å². The molecule has 0 aliphatic rings. The molecule has 2 aromatic rings. The van der Waals surface area contributed by atoms with Crippen LogP contribution in [-0.4, -0.2) is 5.78 Å². The van der Waals surface area contributed by atoms with Crippen LogP contribution in [-0.2, 0) is 4.79 Å². The van der Waals surface area contributed by atoms with E-state index >= 15 is 0 Å². The molecule has 0 aliphatic carbocycles. The third kappa shape index (κ3) is 5.85. The maximum Gasteiger partial charge on any atom is 0.141 e. The van der Waals surface area contributed by atoms with E-state index < -0.39 is 0 Å². The lowest BCUT2D eigenvalue weighted by molar-refractivity contribution is -0.117. The molecule has 0 bridgehead atoms. The van der Waals surface area contributed by atoms with Crippen molar-refractivity contribution in [2.75, 3.05) is 0 Å². The normalized spacial score (nSPS) is 9.27. The van der Waals surface area contributed by atoms with E-state index in [4.69, 9.17) is 0 Å². The van der Waals surface area contributed by atoms with Crippen molar-refractivity contribution in [2.24, 2.45) is 0 Å². The van der Waals surface area contributed by atoms with E-state index in [9.17, 15) is 4.79 Å². The summed E-state index contributed by atoms with van der Waals surface area (Å²) in [5.74, 6) is 0.0380. The van der Waals surface area contributed by atoms with E-state index in [0.717, 1.165) is 11.1 Å². The summed E-state index contributed by atoms with van der Waals surface area (Å²) in [5, 5.41) is 0. The highest BCUT2D eigenvalue weighted by Crippen LogP contribution is 2.26. The average Bonchev–Trinajstić information content (AvgIpc) is 2.51. The Kier molecular flexibility index (Phi) is 9.86.